The van der Waals surface area contributed by atoms with E-state index in [9.17, 15) is 9.59 Å². The maximum Gasteiger partial charge on any atom is 0.332 e. The van der Waals surface area contributed by atoms with Gasteiger partial charge in [-0.3, -0.25) is 13.9 Å². The largest absolute Gasteiger partial charge is 0.395 e. The van der Waals surface area contributed by atoms with E-state index in [1.54, 1.807) is 11.6 Å². The zero-order valence-corrected chi connectivity index (χ0v) is 10.3. The SMILES string of the molecule is C=Cc1nc2c(c(=O)n(C)c(=O)n2C)n1CCO. The van der Waals surface area contributed by atoms with Gasteiger partial charge in [-0.1, -0.05) is 6.58 Å². The van der Waals surface area contributed by atoms with Crippen molar-refractivity contribution in [3.05, 3.63) is 33.2 Å². The van der Waals surface area contributed by atoms with Crippen LogP contribution in [-0.2, 0) is 20.6 Å². The summed E-state index contributed by atoms with van der Waals surface area (Å²) in [6.45, 7) is 3.71. The molecule has 7 nitrogen and oxygen atoms in total. The first-order valence-corrected chi connectivity index (χ1v) is 5.42. The van der Waals surface area contributed by atoms with Crippen LogP contribution in [0.3, 0.4) is 0 Å². The average Bonchev–Trinajstić information content (AvgIpc) is 2.73. The quantitative estimate of drug-likeness (QED) is 0.763. The van der Waals surface area contributed by atoms with Crippen molar-refractivity contribution in [1.29, 1.82) is 0 Å². The minimum absolute atomic E-state index is 0.127. The van der Waals surface area contributed by atoms with E-state index in [2.05, 4.69) is 11.6 Å². The predicted molar refractivity (Wildman–Crippen MR) is 67.4 cm³/mol. The van der Waals surface area contributed by atoms with Gasteiger partial charge < -0.3 is 9.67 Å². The summed E-state index contributed by atoms with van der Waals surface area (Å²) >= 11 is 0. The van der Waals surface area contributed by atoms with Gasteiger partial charge in [0.1, 0.15) is 5.82 Å². The highest BCUT2D eigenvalue weighted by molar-refractivity contribution is 5.73. The molecule has 0 aliphatic carbocycles. The van der Waals surface area contributed by atoms with Crippen molar-refractivity contribution >= 4 is 17.2 Å². The molecule has 0 aromatic carbocycles. The number of hydrogen-bond donors (Lipinski definition) is 1. The Morgan fingerprint density at radius 2 is 2.00 bits per heavy atom. The monoisotopic (exact) mass is 250 g/mol. The van der Waals surface area contributed by atoms with Gasteiger partial charge in [0.25, 0.3) is 5.56 Å². The molecule has 96 valence electrons. The first-order chi connectivity index (χ1) is 8.52. The molecule has 0 aliphatic heterocycles. The molecule has 0 aliphatic rings. The number of rotatable bonds is 3. The molecule has 0 bridgehead atoms. The highest BCUT2D eigenvalue weighted by Gasteiger charge is 2.16. The molecular weight excluding hydrogens is 236 g/mol. The zero-order valence-electron chi connectivity index (χ0n) is 10.3. The lowest BCUT2D eigenvalue weighted by Gasteiger charge is -2.05. The summed E-state index contributed by atoms with van der Waals surface area (Å²) in [5.41, 5.74) is -0.270. The molecule has 2 aromatic rings. The van der Waals surface area contributed by atoms with Crippen LogP contribution in [0.5, 0.6) is 0 Å². The van der Waals surface area contributed by atoms with E-state index in [4.69, 9.17) is 5.11 Å². The Kier molecular flexibility index (Phi) is 2.92. The second-order valence-electron chi connectivity index (χ2n) is 3.93. The van der Waals surface area contributed by atoms with Crippen LogP contribution >= 0.6 is 0 Å². The third-order valence-corrected chi connectivity index (χ3v) is 2.88. The number of aromatic nitrogens is 4. The summed E-state index contributed by atoms with van der Waals surface area (Å²) in [6.07, 6.45) is 1.49. The molecule has 7 heteroatoms. The first kappa shape index (κ1) is 12.3. The predicted octanol–water partition coefficient (Wildman–Crippen LogP) is -0.931. The Bertz CT molecular complexity index is 735. The number of nitrogens with zero attached hydrogens (tertiary/aromatic N) is 4. The number of aliphatic hydroxyl groups is 1. The molecule has 2 aromatic heterocycles. The van der Waals surface area contributed by atoms with E-state index < -0.39 is 11.2 Å². The van der Waals surface area contributed by atoms with Gasteiger partial charge in [0.15, 0.2) is 11.2 Å². The molecule has 0 spiro atoms. The number of imidazole rings is 1. The van der Waals surface area contributed by atoms with E-state index >= 15 is 0 Å². The minimum atomic E-state index is -0.434. The zero-order chi connectivity index (χ0) is 13.4. The maximum absolute atomic E-state index is 12.1. The molecule has 0 unspecified atom stereocenters. The van der Waals surface area contributed by atoms with Crippen LogP contribution < -0.4 is 11.2 Å². The van der Waals surface area contributed by atoms with Crippen LogP contribution in [-0.4, -0.2) is 30.4 Å². The van der Waals surface area contributed by atoms with Gasteiger partial charge in [-0.05, 0) is 6.08 Å². The van der Waals surface area contributed by atoms with Crippen LogP contribution in [0.4, 0.5) is 0 Å². The molecule has 2 heterocycles. The lowest BCUT2D eigenvalue weighted by molar-refractivity contribution is 0.277. The van der Waals surface area contributed by atoms with Crippen LogP contribution in [0.2, 0.25) is 0 Å². The Balaban J connectivity index is 3.04. The van der Waals surface area contributed by atoms with Gasteiger partial charge in [-0.25, -0.2) is 9.78 Å². The van der Waals surface area contributed by atoms with Crippen LogP contribution in [0.25, 0.3) is 17.2 Å². The molecule has 2 rings (SSSR count). The van der Waals surface area contributed by atoms with Crippen LogP contribution in [0, 0.1) is 0 Å². The van der Waals surface area contributed by atoms with Crippen molar-refractivity contribution in [2.45, 2.75) is 6.54 Å². The van der Waals surface area contributed by atoms with Crippen molar-refractivity contribution in [3.8, 4) is 0 Å². The maximum atomic E-state index is 12.1. The fourth-order valence-corrected chi connectivity index (χ4v) is 1.95. The molecule has 18 heavy (non-hydrogen) atoms. The van der Waals surface area contributed by atoms with Gasteiger partial charge in [0.05, 0.1) is 6.61 Å². The summed E-state index contributed by atoms with van der Waals surface area (Å²) < 4.78 is 3.88. The standard InChI is InChI=1S/C11H14N4O3/c1-4-7-12-9-8(15(7)5-6-16)10(17)14(3)11(18)13(9)2/h4,16H,1,5-6H2,2-3H3. The highest BCUT2D eigenvalue weighted by Crippen LogP contribution is 2.11. The normalized spacial score (nSPS) is 11.1. The van der Waals surface area contributed by atoms with Gasteiger partial charge in [0, 0.05) is 20.6 Å². The molecular formula is C11H14N4O3. The summed E-state index contributed by atoms with van der Waals surface area (Å²) in [5, 5.41) is 9.04. The lowest BCUT2D eigenvalue weighted by atomic mass is 10.4. The molecule has 0 saturated heterocycles. The Labute approximate surface area is 102 Å². The van der Waals surface area contributed by atoms with Gasteiger partial charge in [-0.2, -0.15) is 0 Å². The van der Waals surface area contributed by atoms with Gasteiger partial charge in [0.2, 0.25) is 0 Å². The summed E-state index contributed by atoms with van der Waals surface area (Å²) in [5.74, 6) is 0.456. The molecule has 0 saturated carbocycles. The van der Waals surface area contributed by atoms with Crippen molar-refractivity contribution < 1.29 is 5.11 Å². The van der Waals surface area contributed by atoms with Gasteiger partial charge in [-0.15, -0.1) is 0 Å². The third kappa shape index (κ3) is 1.52. The Hall–Kier alpha value is -2.15. The highest BCUT2D eigenvalue weighted by atomic mass is 16.3. The first-order valence-electron chi connectivity index (χ1n) is 5.42. The third-order valence-electron chi connectivity index (χ3n) is 2.88. The summed E-state index contributed by atoms with van der Waals surface area (Å²) in [7, 11) is 2.96. The molecule has 1 N–H and O–H groups in total. The van der Waals surface area contributed by atoms with Gasteiger partial charge >= 0.3 is 5.69 Å². The van der Waals surface area contributed by atoms with E-state index in [0.717, 1.165) is 4.57 Å². The Morgan fingerprint density at radius 1 is 1.33 bits per heavy atom. The lowest BCUT2D eigenvalue weighted by Crippen LogP contribution is -2.37. The summed E-state index contributed by atoms with van der Waals surface area (Å²) in [6, 6.07) is 0. The van der Waals surface area contributed by atoms with E-state index in [-0.39, 0.29) is 13.2 Å². The second kappa shape index (κ2) is 4.26. The Morgan fingerprint density at radius 3 is 2.56 bits per heavy atom. The van der Waals surface area contributed by atoms with Crippen molar-refractivity contribution in [2.24, 2.45) is 14.1 Å². The molecule has 0 radical (unpaired) electrons. The van der Waals surface area contributed by atoms with Crippen molar-refractivity contribution in [2.75, 3.05) is 6.61 Å². The minimum Gasteiger partial charge on any atom is -0.395 e. The van der Waals surface area contributed by atoms with Crippen molar-refractivity contribution in [1.82, 2.24) is 18.7 Å². The number of fused-ring (bicyclic) bond motifs is 1. The van der Waals surface area contributed by atoms with E-state index in [0.29, 0.717) is 17.0 Å². The van der Waals surface area contributed by atoms with E-state index in [1.807, 2.05) is 0 Å². The average molecular weight is 250 g/mol. The fourth-order valence-electron chi connectivity index (χ4n) is 1.95. The molecule has 0 atom stereocenters. The summed E-state index contributed by atoms with van der Waals surface area (Å²) in [4.78, 5) is 28.1. The smallest absolute Gasteiger partial charge is 0.332 e. The van der Waals surface area contributed by atoms with Crippen LogP contribution in [0.15, 0.2) is 16.2 Å². The molecule has 0 fully saturated rings. The number of aliphatic hydroxyl groups excluding tert-OH is 1. The fraction of sp³-hybridized carbons (Fsp3) is 0.364. The topological polar surface area (TPSA) is 82.0 Å². The number of aryl methyl sites for hydroxylation is 1. The molecule has 0 amide bonds. The van der Waals surface area contributed by atoms with Crippen LogP contribution in [0.1, 0.15) is 5.82 Å². The van der Waals surface area contributed by atoms with Crippen molar-refractivity contribution in [3.63, 3.8) is 0 Å². The van der Waals surface area contributed by atoms with E-state index in [1.165, 1.54) is 17.7 Å². The second-order valence-corrected chi connectivity index (χ2v) is 3.93. The number of hydrogen-bond acceptors (Lipinski definition) is 4.